The van der Waals surface area contributed by atoms with Crippen LogP contribution in [0.25, 0.3) is 0 Å². The van der Waals surface area contributed by atoms with Gasteiger partial charge < -0.3 is 5.11 Å². The van der Waals surface area contributed by atoms with Gasteiger partial charge in [0.2, 0.25) is 0 Å². The zero-order valence-electron chi connectivity index (χ0n) is 11.1. The lowest BCUT2D eigenvalue weighted by Crippen LogP contribution is -2.17. The van der Waals surface area contributed by atoms with Crippen molar-refractivity contribution in [2.45, 2.75) is 19.3 Å². The maximum atomic E-state index is 12.8. The highest BCUT2D eigenvalue weighted by Gasteiger charge is 2.17. The Balaban J connectivity index is 1.97. The summed E-state index contributed by atoms with van der Waals surface area (Å²) in [6, 6.07) is 15.9. The molecule has 0 heterocycles. The van der Waals surface area contributed by atoms with Crippen LogP contribution in [0.15, 0.2) is 54.6 Å². The van der Waals surface area contributed by atoms with Crippen molar-refractivity contribution in [1.29, 1.82) is 0 Å². The van der Waals surface area contributed by atoms with Gasteiger partial charge in [0.15, 0.2) is 0 Å². The van der Waals surface area contributed by atoms with Gasteiger partial charge in [-0.2, -0.15) is 0 Å². The van der Waals surface area contributed by atoms with E-state index in [0.29, 0.717) is 12.8 Å². The Morgan fingerprint density at radius 3 is 2.25 bits per heavy atom. The minimum Gasteiger partial charge on any atom is -0.481 e. The molecule has 0 amide bonds. The van der Waals surface area contributed by atoms with Crippen molar-refractivity contribution < 1.29 is 14.3 Å². The lowest BCUT2D eigenvalue weighted by Gasteiger charge is -2.12. The minimum atomic E-state index is -0.801. The van der Waals surface area contributed by atoms with Gasteiger partial charge in [-0.05, 0) is 42.5 Å². The van der Waals surface area contributed by atoms with Crippen molar-refractivity contribution >= 4 is 5.97 Å². The third-order valence-electron chi connectivity index (χ3n) is 3.37. The molecular weight excluding hydrogens is 255 g/mol. The maximum Gasteiger partial charge on any atom is 0.306 e. The summed E-state index contributed by atoms with van der Waals surface area (Å²) in [5, 5.41) is 9.29. The Kier molecular flexibility index (Phi) is 4.88. The molecule has 3 heteroatoms. The molecule has 1 unspecified atom stereocenters. The van der Waals surface area contributed by atoms with E-state index in [0.717, 1.165) is 17.5 Å². The van der Waals surface area contributed by atoms with Crippen LogP contribution in [0, 0.1) is 11.7 Å². The summed E-state index contributed by atoms with van der Waals surface area (Å²) in [4.78, 5) is 11.3. The van der Waals surface area contributed by atoms with Crippen LogP contribution in [-0.2, 0) is 17.6 Å². The highest BCUT2D eigenvalue weighted by Crippen LogP contribution is 2.16. The molecule has 104 valence electrons. The first-order valence-corrected chi connectivity index (χ1v) is 6.66. The van der Waals surface area contributed by atoms with Gasteiger partial charge in [0.1, 0.15) is 5.82 Å². The first-order chi connectivity index (χ1) is 9.65. The van der Waals surface area contributed by atoms with Crippen molar-refractivity contribution in [3.63, 3.8) is 0 Å². The zero-order valence-corrected chi connectivity index (χ0v) is 11.1. The molecule has 0 saturated heterocycles. The zero-order chi connectivity index (χ0) is 14.4. The van der Waals surface area contributed by atoms with Crippen LogP contribution >= 0.6 is 0 Å². The predicted octanol–water partition coefficient (Wildman–Crippen LogP) is 3.70. The van der Waals surface area contributed by atoms with Crippen LogP contribution in [0.4, 0.5) is 4.39 Å². The number of aliphatic carboxylic acids is 1. The average molecular weight is 272 g/mol. The second-order valence-electron chi connectivity index (χ2n) is 4.89. The monoisotopic (exact) mass is 272 g/mol. The first-order valence-electron chi connectivity index (χ1n) is 6.66. The number of halogens is 1. The number of benzene rings is 2. The molecule has 0 bridgehead atoms. The van der Waals surface area contributed by atoms with Gasteiger partial charge in [-0.3, -0.25) is 4.79 Å². The molecule has 0 spiro atoms. The molecule has 0 aliphatic carbocycles. The Morgan fingerprint density at radius 2 is 1.65 bits per heavy atom. The van der Waals surface area contributed by atoms with Crippen molar-refractivity contribution in [2.75, 3.05) is 0 Å². The fourth-order valence-corrected chi connectivity index (χ4v) is 2.20. The van der Waals surface area contributed by atoms with Gasteiger partial charge in [0.05, 0.1) is 5.92 Å². The number of aryl methyl sites for hydroxylation is 1. The topological polar surface area (TPSA) is 37.3 Å². The highest BCUT2D eigenvalue weighted by molar-refractivity contribution is 5.70. The lowest BCUT2D eigenvalue weighted by atomic mass is 9.93. The molecule has 0 aliphatic rings. The molecule has 2 aromatic carbocycles. The van der Waals surface area contributed by atoms with Crippen molar-refractivity contribution in [3.05, 3.63) is 71.5 Å². The molecular formula is C17H17FO2. The molecule has 0 aliphatic heterocycles. The van der Waals surface area contributed by atoms with Gasteiger partial charge in [0, 0.05) is 0 Å². The van der Waals surface area contributed by atoms with Crippen LogP contribution in [0.3, 0.4) is 0 Å². The number of carboxylic acids is 1. The van der Waals surface area contributed by atoms with E-state index in [1.807, 2.05) is 30.3 Å². The summed E-state index contributed by atoms with van der Waals surface area (Å²) < 4.78 is 12.8. The Morgan fingerprint density at radius 1 is 1.00 bits per heavy atom. The third kappa shape index (κ3) is 4.19. The summed E-state index contributed by atoms with van der Waals surface area (Å²) in [6.45, 7) is 0. The first kappa shape index (κ1) is 14.3. The van der Waals surface area contributed by atoms with Gasteiger partial charge >= 0.3 is 5.97 Å². The fourth-order valence-electron chi connectivity index (χ4n) is 2.20. The van der Waals surface area contributed by atoms with Crippen LogP contribution in [0.1, 0.15) is 17.5 Å². The molecule has 1 N–H and O–H groups in total. The number of carboxylic acid groups (broad SMARTS) is 1. The number of rotatable bonds is 6. The van der Waals surface area contributed by atoms with E-state index in [1.54, 1.807) is 12.1 Å². The van der Waals surface area contributed by atoms with Crippen LogP contribution in [0.5, 0.6) is 0 Å². The van der Waals surface area contributed by atoms with Crippen molar-refractivity contribution in [2.24, 2.45) is 5.92 Å². The fraction of sp³-hybridized carbons (Fsp3) is 0.235. The van der Waals surface area contributed by atoms with Crippen LogP contribution in [-0.4, -0.2) is 11.1 Å². The third-order valence-corrected chi connectivity index (χ3v) is 3.37. The molecule has 20 heavy (non-hydrogen) atoms. The standard InChI is InChI=1S/C17H17FO2/c18-16-10-7-14(8-11-16)12-15(17(19)20)9-6-13-4-2-1-3-5-13/h1-5,7-8,10-11,15H,6,9,12H2,(H,19,20). The molecule has 2 rings (SSSR count). The molecule has 0 fully saturated rings. The second-order valence-corrected chi connectivity index (χ2v) is 4.89. The van der Waals surface area contributed by atoms with E-state index in [2.05, 4.69) is 0 Å². The van der Waals surface area contributed by atoms with Crippen molar-refractivity contribution in [1.82, 2.24) is 0 Å². The highest BCUT2D eigenvalue weighted by atomic mass is 19.1. The van der Waals surface area contributed by atoms with Crippen LogP contribution < -0.4 is 0 Å². The lowest BCUT2D eigenvalue weighted by molar-refractivity contribution is -0.141. The smallest absolute Gasteiger partial charge is 0.306 e. The molecule has 0 saturated carbocycles. The van der Waals surface area contributed by atoms with Gasteiger partial charge in [-0.1, -0.05) is 42.5 Å². The maximum absolute atomic E-state index is 12.8. The molecule has 0 radical (unpaired) electrons. The Bertz CT molecular complexity index is 549. The summed E-state index contributed by atoms with van der Waals surface area (Å²) in [5.74, 6) is -1.55. The number of carbonyl (C=O) groups is 1. The van der Waals surface area contributed by atoms with Crippen molar-refractivity contribution in [3.8, 4) is 0 Å². The van der Waals surface area contributed by atoms with E-state index in [4.69, 9.17) is 0 Å². The van der Waals surface area contributed by atoms with E-state index in [-0.39, 0.29) is 5.82 Å². The van der Waals surface area contributed by atoms with Crippen LogP contribution in [0.2, 0.25) is 0 Å². The quantitative estimate of drug-likeness (QED) is 0.870. The Hall–Kier alpha value is -2.16. The van der Waals surface area contributed by atoms with E-state index >= 15 is 0 Å². The van der Waals surface area contributed by atoms with E-state index in [1.165, 1.54) is 12.1 Å². The van der Waals surface area contributed by atoms with Gasteiger partial charge in [-0.25, -0.2) is 4.39 Å². The summed E-state index contributed by atoms with van der Waals surface area (Å²) in [7, 11) is 0. The second kappa shape index (κ2) is 6.85. The summed E-state index contributed by atoms with van der Waals surface area (Å²) in [6.07, 6.45) is 1.75. The summed E-state index contributed by atoms with van der Waals surface area (Å²) in [5.41, 5.74) is 1.99. The van der Waals surface area contributed by atoms with Gasteiger partial charge in [0.25, 0.3) is 0 Å². The molecule has 2 aromatic rings. The SMILES string of the molecule is O=C(O)C(CCc1ccccc1)Cc1ccc(F)cc1. The molecule has 2 nitrogen and oxygen atoms in total. The van der Waals surface area contributed by atoms with E-state index in [9.17, 15) is 14.3 Å². The Labute approximate surface area is 117 Å². The molecule has 0 aromatic heterocycles. The largest absolute Gasteiger partial charge is 0.481 e. The number of hydrogen-bond acceptors (Lipinski definition) is 1. The minimum absolute atomic E-state index is 0.301. The summed E-state index contributed by atoms with van der Waals surface area (Å²) >= 11 is 0. The van der Waals surface area contributed by atoms with Gasteiger partial charge in [-0.15, -0.1) is 0 Å². The average Bonchev–Trinajstić information content (AvgIpc) is 2.46. The molecule has 1 atom stereocenters. The predicted molar refractivity (Wildman–Crippen MR) is 76.0 cm³/mol. The normalized spacial score (nSPS) is 12.1. The number of hydrogen-bond donors (Lipinski definition) is 1. The van der Waals surface area contributed by atoms with E-state index < -0.39 is 11.9 Å².